The van der Waals surface area contributed by atoms with Gasteiger partial charge in [-0.25, -0.2) is 13.1 Å². The number of non-ortho nitro benzene ring substituents is 1. The van der Waals surface area contributed by atoms with Gasteiger partial charge in [0.15, 0.2) is 0 Å². The Hall–Kier alpha value is -1.71. The van der Waals surface area contributed by atoms with Crippen LogP contribution in [0.25, 0.3) is 0 Å². The van der Waals surface area contributed by atoms with Crippen molar-refractivity contribution in [2.45, 2.75) is 37.1 Å². The summed E-state index contributed by atoms with van der Waals surface area (Å²) in [5.41, 5.74) is 2.07. The first-order chi connectivity index (χ1) is 9.83. The summed E-state index contributed by atoms with van der Waals surface area (Å²) in [6.45, 7) is 1.78. The van der Waals surface area contributed by atoms with E-state index in [4.69, 9.17) is 5.84 Å². The molecule has 9 heteroatoms. The zero-order chi connectivity index (χ0) is 15.6. The number of sulfonamides is 1. The van der Waals surface area contributed by atoms with E-state index in [0.717, 1.165) is 25.3 Å². The predicted octanol–water partition coefficient (Wildman–Crippen LogP) is 1.35. The number of hydrogen-bond donors (Lipinski definition) is 3. The van der Waals surface area contributed by atoms with Gasteiger partial charge in [-0.05, 0) is 25.3 Å². The maximum Gasteiger partial charge on any atom is 0.270 e. The van der Waals surface area contributed by atoms with Gasteiger partial charge < -0.3 is 5.43 Å². The zero-order valence-electron chi connectivity index (χ0n) is 11.6. The van der Waals surface area contributed by atoms with E-state index in [1.54, 1.807) is 6.92 Å². The van der Waals surface area contributed by atoms with Gasteiger partial charge in [0.25, 0.3) is 5.69 Å². The van der Waals surface area contributed by atoms with E-state index in [2.05, 4.69) is 10.1 Å². The molecule has 2 rings (SSSR count). The summed E-state index contributed by atoms with van der Waals surface area (Å²) < 4.78 is 27.3. The van der Waals surface area contributed by atoms with Crippen LogP contribution in [-0.2, 0) is 10.0 Å². The maximum absolute atomic E-state index is 12.4. The fourth-order valence-electron chi connectivity index (χ4n) is 2.20. The Kier molecular flexibility index (Phi) is 4.45. The lowest BCUT2D eigenvalue weighted by Crippen LogP contribution is -2.33. The molecule has 1 saturated carbocycles. The number of nitrogens with one attached hydrogen (secondary N) is 2. The summed E-state index contributed by atoms with van der Waals surface area (Å²) >= 11 is 0. The highest BCUT2D eigenvalue weighted by molar-refractivity contribution is 7.89. The summed E-state index contributed by atoms with van der Waals surface area (Å²) in [5.74, 6) is 5.85. The molecular formula is C12H18N4O4S. The summed E-state index contributed by atoms with van der Waals surface area (Å²) in [4.78, 5) is 9.93. The highest BCUT2D eigenvalue weighted by Gasteiger charge is 2.28. The average Bonchev–Trinajstić information content (AvgIpc) is 3.20. The molecule has 0 heterocycles. The number of nitro benzene ring substituents is 1. The Balaban J connectivity index is 2.28. The summed E-state index contributed by atoms with van der Waals surface area (Å²) in [7, 11) is -3.87. The molecule has 1 unspecified atom stereocenters. The van der Waals surface area contributed by atoms with E-state index in [-0.39, 0.29) is 22.3 Å². The molecule has 0 aliphatic heterocycles. The lowest BCUT2D eigenvalue weighted by Gasteiger charge is -2.15. The van der Waals surface area contributed by atoms with Gasteiger partial charge in [0.2, 0.25) is 10.0 Å². The number of rotatable bonds is 7. The second-order valence-corrected chi connectivity index (χ2v) is 6.97. The van der Waals surface area contributed by atoms with E-state index in [1.165, 1.54) is 12.1 Å². The molecule has 0 bridgehead atoms. The van der Waals surface area contributed by atoms with Crippen molar-refractivity contribution < 1.29 is 13.3 Å². The fraction of sp³-hybridized carbons (Fsp3) is 0.500. The molecule has 0 spiro atoms. The number of hydrogen-bond acceptors (Lipinski definition) is 6. The van der Waals surface area contributed by atoms with Gasteiger partial charge >= 0.3 is 0 Å². The Morgan fingerprint density at radius 1 is 1.48 bits per heavy atom. The van der Waals surface area contributed by atoms with Gasteiger partial charge in [0, 0.05) is 18.2 Å². The van der Waals surface area contributed by atoms with Crippen LogP contribution in [0.5, 0.6) is 0 Å². The second-order valence-electron chi connectivity index (χ2n) is 5.28. The molecule has 0 saturated heterocycles. The highest BCUT2D eigenvalue weighted by Crippen LogP contribution is 2.34. The molecule has 1 aromatic carbocycles. The van der Waals surface area contributed by atoms with Crippen LogP contribution in [0.1, 0.15) is 26.2 Å². The number of nitrogens with zero attached hydrogens (tertiary/aromatic N) is 1. The molecule has 0 radical (unpaired) electrons. The molecule has 1 aliphatic rings. The van der Waals surface area contributed by atoms with Crippen molar-refractivity contribution in [2.75, 3.05) is 5.43 Å². The molecule has 1 aliphatic carbocycles. The summed E-state index contributed by atoms with van der Waals surface area (Å²) in [6, 6.07) is 3.24. The Morgan fingerprint density at radius 2 is 2.14 bits per heavy atom. The van der Waals surface area contributed by atoms with Gasteiger partial charge in [-0.15, -0.1) is 0 Å². The third-order valence-electron chi connectivity index (χ3n) is 3.36. The average molecular weight is 314 g/mol. The van der Waals surface area contributed by atoms with E-state index in [9.17, 15) is 18.5 Å². The van der Waals surface area contributed by atoms with Crippen LogP contribution in [-0.4, -0.2) is 19.4 Å². The van der Waals surface area contributed by atoms with Crippen molar-refractivity contribution in [1.82, 2.24) is 4.72 Å². The SMILES string of the molecule is CC(CC1CC1)NS(=O)(=O)c1cc([N+](=O)[O-])ccc1NN. The highest BCUT2D eigenvalue weighted by atomic mass is 32.2. The van der Waals surface area contributed by atoms with Crippen molar-refractivity contribution in [3.8, 4) is 0 Å². The summed E-state index contributed by atoms with van der Waals surface area (Å²) in [6.07, 6.45) is 3.01. The molecule has 8 nitrogen and oxygen atoms in total. The van der Waals surface area contributed by atoms with Crippen LogP contribution in [0, 0.1) is 16.0 Å². The van der Waals surface area contributed by atoms with E-state index in [1.807, 2.05) is 0 Å². The Morgan fingerprint density at radius 3 is 2.67 bits per heavy atom. The van der Waals surface area contributed by atoms with Crippen molar-refractivity contribution >= 4 is 21.4 Å². The van der Waals surface area contributed by atoms with Gasteiger partial charge in [0.05, 0.1) is 10.6 Å². The minimum atomic E-state index is -3.87. The number of hydrazine groups is 1. The number of nitro groups is 1. The van der Waals surface area contributed by atoms with Crippen LogP contribution in [0.15, 0.2) is 23.1 Å². The molecule has 4 N–H and O–H groups in total. The second kappa shape index (κ2) is 5.96. The predicted molar refractivity (Wildman–Crippen MR) is 78.0 cm³/mol. The largest absolute Gasteiger partial charge is 0.323 e. The lowest BCUT2D eigenvalue weighted by molar-refractivity contribution is -0.385. The van der Waals surface area contributed by atoms with Gasteiger partial charge in [-0.1, -0.05) is 12.8 Å². The standard InChI is InChI=1S/C12H18N4O4S/c1-8(6-9-2-3-9)15-21(19,20)12-7-10(16(17)18)4-5-11(12)14-13/h4-5,7-9,14-15H,2-3,6,13H2,1H3. The van der Waals surface area contributed by atoms with E-state index in [0.29, 0.717) is 5.92 Å². The number of benzene rings is 1. The zero-order valence-corrected chi connectivity index (χ0v) is 12.4. The van der Waals surface area contributed by atoms with Gasteiger partial charge in [-0.2, -0.15) is 0 Å². The van der Waals surface area contributed by atoms with Crippen molar-refractivity contribution in [2.24, 2.45) is 11.8 Å². The smallest absolute Gasteiger partial charge is 0.270 e. The van der Waals surface area contributed by atoms with Crippen LogP contribution < -0.4 is 16.0 Å². The topological polar surface area (TPSA) is 127 Å². The van der Waals surface area contributed by atoms with Crippen molar-refractivity contribution in [3.63, 3.8) is 0 Å². The molecule has 1 atom stereocenters. The quantitative estimate of drug-likeness (QED) is 0.396. The molecule has 0 aromatic heterocycles. The van der Waals surface area contributed by atoms with E-state index >= 15 is 0 Å². The molecular weight excluding hydrogens is 296 g/mol. The molecule has 21 heavy (non-hydrogen) atoms. The van der Waals surface area contributed by atoms with Crippen LogP contribution in [0.3, 0.4) is 0 Å². The molecule has 116 valence electrons. The third-order valence-corrected chi connectivity index (χ3v) is 4.99. The van der Waals surface area contributed by atoms with Crippen molar-refractivity contribution in [3.05, 3.63) is 28.3 Å². The monoisotopic (exact) mass is 314 g/mol. The van der Waals surface area contributed by atoms with Crippen LogP contribution in [0.4, 0.5) is 11.4 Å². The first-order valence-corrected chi connectivity index (χ1v) is 8.09. The number of anilines is 1. The molecule has 1 fully saturated rings. The first kappa shape index (κ1) is 15.7. The van der Waals surface area contributed by atoms with Gasteiger partial charge in [-0.3, -0.25) is 16.0 Å². The minimum Gasteiger partial charge on any atom is -0.323 e. The number of nitrogens with two attached hydrogens (primary N) is 1. The van der Waals surface area contributed by atoms with Gasteiger partial charge in [0.1, 0.15) is 4.90 Å². The minimum absolute atomic E-state index is 0.117. The van der Waals surface area contributed by atoms with Crippen molar-refractivity contribution in [1.29, 1.82) is 0 Å². The normalized spacial score (nSPS) is 16.5. The fourth-order valence-corrected chi connectivity index (χ4v) is 3.64. The first-order valence-electron chi connectivity index (χ1n) is 6.61. The number of nitrogen functional groups attached to an aromatic ring is 1. The third kappa shape index (κ3) is 3.90. The Bertz CT molecular complexity index is 643. The maximum atomic E-state index is 12.4. The molecule has 0 amide bonds. The lowest BCUT2D eigenvalue weighted by atomic mass is 10.2. The van der Waals surface area contributed by atoms with Crippen LogP contribution >= 0.6 is 0 Å². The van der Waals surface area contributed by atoms with E-state index < -0.39 is 14.9 Å². The Labute approximate surface area is 122 Å². The summed E-state index contributed by atoms with van der Waals surface area (Å²) in [5, 5.41) is 10.8. The molecule has 1 aromatic rings. The van der Waals surface area contributed by atoms with Crippen LogP contribution in [0.2, 0.25) is 0 Å².